The zero-order valence-corrected chi connectivity index (χ0v) is 20.4. The Morgan fingerprint density at radius 1 is 1.21 bits per heavy atom. The summed E-state index contributed by atoms with van der Waals surface area (Å²) < 4.78 is 13.5. The molecular weight excluding hydrogens is 499 g/mol. The second-order valence-electron chi connectivity index (χ2n) is 10.0. The summed E-state index contributed by atoms with van der Waals surface area (Å²) in [5.74, 6) is -8.26. The van der Waals surface area contributed by atoms with Crippen LogP contribution in [-0.2, 0) is 20.8 Å². The van der Waals surface area contributed by atoms with E-state index in [4.69, 9.17) is 11.5 Å². The normalized spacial score (nSPS) is 26.8. The lowest BCUT2D eigenvalue weighted by molar-refractivity contribution is -0.153. The van der Waals surface area contributed by atoms with E-state index in [2.05, 4.69) is 4.98 Å². The molecule has 38 heavy (non-hydrogen) atoms. The number of nitrogens with zero attached hydrogens (tertiary/aromatic N) is 2. The Labute approximate surface area is 215 Å². The van der Waals surface area contributed by atoms with Gasteiger partial charge in [0.2, 0.25) is 11.7 Å². The van der Waals surface area contributed by atoms with Crippen molar-refractivity contribution in [2.45, 2.75) is 24.5 Å². The second kappa shape index (κ2) is 8.36. The summed E-state index contributed by atoms with van der Waals surface area (Å²) in [7, 11) is 3.04. The van der Waals surface area contributed by atoms with Gasteiger partial charge in [-0.2, -0.15) is 4.39 Å². The number of aliphatic hydroxyl groups excluding tert-OH is 2. The molecule has 8 N–H and O–H groups in total. The van der Waals surface area contributed by atoms with Gasteiger partial charge in [-0.3, -0.25) is 19.3 Å². The monoisotopic (exact) mass is 524 g/mol. The molecule has 0 bridgehead atoms. The van der Waals surface area contributed by atoms with Gasteiger partial charge in [-0.25, -0.2) is 4.98 Å². The lowest BCUT2D eigenvalue weighted by Crippen LogP contribution is -2.65. The van der Waals surface area contributed by atoms with E-state index < -0.39 is 69.7 Å². The van der Waals surface area contributed by atoms with Crippen molar-refractivity contribution >= 4 is 28.9 Å². The molecule has 1 saturated carbocycles. The summed E-state index contributed by atoms with van der Waals surface area (Å²) in [5, 5.41) is 44.6. The van der Waals surface area contributed by atoms with E-state index in [-0.39, 0.29) is 29.7 Å². The lowest BCUT2D eigenvalue weighted by Gasteiger charge is -2.50. The number of aromatic hydroxyl groups is 1. The van der Waals surface area contributed by atoms with Crippen LogP contribution in [0.1, 0.15) is 17.5 Å². The third-order valence-corrected chi connectivity index (χ3v) is 7.79. The number of phenols is 1. The van der Waals surface area contributed by atoms with E-state index in [1.807, 2.05) is 0 Å². The van der Waals surface area contributed by atoms with Gasteiger partial charge in [-0.1, -0.05) is 0 Å². The van der Waals surface area contributed by atoms with Crippen molar-refractivity contribution in [3.63, 3.8) is 0 Å². The number of hydrogen-bond donors (Lipinski definition) is 6. The van der Waals surface area contributed by atoms with Gasteiger partial charge in [-0.05, 0) is 62.2 Å². The number of aliphatic hydroxyl groups is 3. The first-order chi connectivity index (χ1) is 17.8. The number of Topliss-reactive ketones (excluding diaryl/α,β-unsaturated/α-hetero) is 2. The highest BCUT2D eigenvalue weighted by Gasteiger charge is 2.64. The third kappa shape index (κ3) is 3.26. The summed E-state index contributed by atoms with van der Waals surface area (Å²) in [4.78, 5) is 44.2. The maximum absolute atomic E-state index is 13.9. The smallest absolute Gasteiger partial charge is 0.255 e. The number of nitrogen functional groups attached to an aromatic ring is 1. The molecule has 2 aromatic rings. The van der Waals surface area contributed by atoms with Gasteiger partial charge < -0.3 is 31.9 Å². The van der Waals surface area contributed by atoms with Crippen molar-refractivity contribution in [3.05, 3.63) is 58.4 Å². The molecule has 198 valence electrons. The number of fused-ring (bicyclic) bond motifs is 3. The standard InChI is InChI=1S/C26H25FN4O7/c1-31(2)19-13-6-10-5-12-11(9-3-4-15(27)30-8-9)7-14(28)20(32)17(12)21(33)16(10)23(35)26(13,38)24(36)18(22(19)34)25(29)37/h3-4,7-8,10,13,19,32-33,36,38H,5-6,28H2,1-2H3,(H2,29,37)/t10-,13-,19-,26-/m0/s1. The molecule has 5 rings (SSSR count). The summed E-state index contributed by atoms with van der Waals surface area (Å²) >= 11 is 0. The summed E-state index contributed by atoms with van der Waals surface area (Å²) in [6, 6.07) is 2.85. The van der Waals surface area contributed by atoms with Gasteiger partial charge in [0.05, 0.1) is 17.3 Å². The Morgan fingerprint density at radius 3 is 2.47 bits per heavy atom. The zero-order valence-electron chi connectivity index (χ0n) is 20.4. The number of benzene rings is 1. The number of primary amides is 1. The Morgan fingerprint density at radius 2 is 1.89 bits per heavy atom. The van der Waals surface area contributed by atoms with Crippen LogP contribution in [-0.4, -0.2) is 73.5 Å². The largest absolute Gasteiger partial charge is 0.508 e. The number of rotatable bonds is 3. The zero-order chi connectivity index (χ0) is 27.8. The number of ketones is 2. The molecule has 4 atom stereocenters. The molecule has 11 nitrogen and oxygen atoms in total. The average Bonchev–Trinajstić information content (AvgIpc) is 2.83. The van der Waals surface area contributed by atoms with Crippen molar-refractivity contribution in [1.29, 1.82) is 0 Å². The molecule has 1 heterocycles. The van der Waals surface area contributed by atoms with E-state index in [9.17, 15) is 39.2 Å². The maximum Gasteiger partial charge on any atom is 0.255 e. The van der Waals surface area contributed by atoms with Crippen LogP contribution >= 0.6 is 0 Å². The minimum absolute atomic E-state index is 0.0575. The number of likely N-dealkylation sites (N-methyl/N-ethyl adjacent to an activating group) is 1. The van der Waals surface area contributed by atoms with Crippen LogP contribution in [0, 0.1) is 17.8 Å². The molecule has 0 aliphatic heterocycles. The van der Waals surface area contributed by atoms with Gasteiger partial charge in [0.25, 0.3) is 5.91 Å². The van der Waals surface area contributed by atoms with Gasteiger partial charge in [-0.15, -0.1) is 0 Å². The van der Waals surface area contributed by atoms with E-state index >= 15 is 0 Å². The number of nitrogens with two attached hydrogens (primary N) is 2. The summed E-state index contributed by atoms with van der Waals surface area (Å²) in [6.07, 6.45) is 1.27. The average molecular weight is 525 g/mol. The topological polar surface area (TPSA) is 200 Å². The Hall–Kier alpha value is -4.29. The fraction of sp³-hybridized carbons (Fsp3) is 0.308. The molecular formula is C26H25FN4O7. The second-order valence-corrected chi connectivity index (χ2v) is 10.0. The predicted molar refractivity (Wildman–Crippen MR) is 132 cm³/mol. The van der Waals surface area contributed by atoms with Crippen LogP contribution in [0.4, 0.5) is 10.1 Å². The Kier molecular flexibility index (Phi) is 5.58. The third-order valence-electron chi connectivity index (χ3n) is 7.79. The minimum Gasteiger partial charge on any atom is -0.508 e. The molecule has 0 unspecified atom stereocenters. The number of aromatic nitrogens is 1. The SMILES string of the molecule is CN(C)[C@@H]1C(=O)C(C(N)=O)=C(O)[C@@]2(O)C(=O)C3=C(O)c4c(O)c(N)cc(-c5ccc(F)nc5)c4C[C@H]3C[C@@H]12. The number of phenolic OH excluding ortho intramolecular Hbond substituents is 1. The van der Waals surface area contributed by atoms with Gasteiger partial charge in [0, 0.05) is 23.3 Å². The quantitative estimate of drug-likeness (QED) is 0.144. The number of anilines is 1. The number of amides is 1. The molecule has 0 spiro atoms. The number of halogens is 1. The van der Waals surface area contributed by atoms with Crippen molar-refractivity contribution in [2.24, 2.45) is 17.6 Å². The van der Waals surface area contributed by atoms with Crippen molar-refractivity contribution in [3.8, 4) is 16.9 Å². The first-order valence-corrected chi connectivity index (χ1v) is 11.7. The fourth-order valence-electron chi connectivity index (χ4n) is 6.12. The fourth-order valence-corrected chi connectivity index (χ4v) is 6.12. The van der Waals surface area contributed by atoms with Crippen molar-refractivity contribution in [1.82, 2.24) is 9.88 Å². The number of carbonyl (C=O) groups excluding carboxylic acids is 3. The number of carbonyl (C=O) groups is 3. The lowest BCUT2D eigenvalue weighted by atomic mass is 9.57. The van der Waals surface area contributed by atoms with Crippen LogP contribution < -0.4 is 11.5 Å². The van der Waals surface area contributed by atoms with E-state index in [0.29, 0.717) is 16.7 Å². The Bertz CT molecular complexity index is 1500. The van der Waals surface area contributed by atoms with Crippen molar-refractivity contribution in [2.75, 3.05) is 19.8 Å². The van der Waals surface area contributed by atoms with Crippen LogP contribution in [0.5, 0.6) is 5.75 Å². The first kappa shape index (κ1) is 25.4. The highest BCUT2D eigenvalue weighted by Crippen LogP contribution is 2.54. The van der Waals surface area contributed by atoms with Gasteiger partial charge in [0.1, 0.15) is 22.8 Å². The van der Waals surface area contributed by atoms with Gasteiger partial charge in [0.15, 0.2) is 11.4 Å². The molecule has 1 aromatic heterocycles. The molecule has 3 aliphatic carbocycles. The van der Waals surface area contributed by atoms with E-state index in [1.165, 1.54) is 37.3 Å². The molecule has 12 heteroatoms. The van der Waals surface area contributed by atoms with Crippen LogP contribution in [0.15, 0.2) is 41.3 Å². The first-order valence-electron chi connectivity index (χ1n) is 11.7. The van der Waals surface area contributed by atoms with Crippen molar-refractivity contribution < 1.29 is 39.2 Å². The molecule has 0 radical (unpaired) electrons. The molecule has 1 fully saturated rings. The Balaban J connectivity index is 1.76. The summed E-state index contributed by atoms with van der Waals surface area (Å²) in [6.45, 7) is 0. The molecule has 3 aliphatic rings. The maximum atomic E-state index is 13.9. The van der Waals surface area contributed by atoms with E-state index in [0.717, 1.165) is 6.07 Å². The summed E-state index contributed by atoms with van der Waals surface area (Å²) in [5.41, 5.74) is 8.39. The highest BCUT2D eigenvalue weighted by atomic mass is 19.1. The highest BCUT2D eigenvalue weighted by molar-refractivity contribution is 6.24. The van der Waals surface area contributed by atoms with Gasteiger partial charge >= 0.3 is 0 Å². The molecule has 1 aromatic carbocycles. The molecule has 0 saturated heterocycles. The van der Waals surface area contributed by atoms with Crippen LogP contribution in [0.25, 0.3) is 16.9 Å². The van der Waals surface area contributed by atoms with Crippen LogP contribution in [0.2, 0.25) is 0 Å². The predicted octanol–water partition coefficient (Wildman–Crippen LogP) is 0.747. The minimum atomic E-state index is -2.73. The number of hydrogen-bond acceptors (Lipinski definition) is 10. The van der Waals surface area contributed by atoms with Crippen LogP contribution in [0.3, 0.4) is 0 Å². The number of pyridine rings is 1. The van der Waals surface area contributed by atoms with E-state index in [1.54, 1.807) is 0 Å². The molecule has 1 amide bonds.